The van der Waals surface area contributed by atoms with Gasteiger partial charge in [-0.05, 0) is 36.1 Å². The molecule has 0 bridgehead atoms. The summed E-state index contributed by atoms with van der Waals surface area (Å²) >= 11 is 4.52. The summed E-state index contributed by atoms with van der Waals surface area (Å²) in [7, 11) is 0. The van der Waals surface area contributed by atoms with Crippen LogP contribution >= 0.6 is 35.3 Å². The maximum absolute atomic E-state index is 7.33. The summed E-state index contributed by atoms with van der Waals surface area (Å²) in [6, 6.07) is 16.8. The molecule has 0 heterocycles. The van der Waals surface area contributed by atoms with Crippen molar-refractivity contribution in [3.8, 4) is 0 Å². The quantitative estimate of drug-likeness (QED) is 0.400. The predicted octanol–water partition coefficient (Wildman–Crippen LogP) is 4.18. The zero-order valence-electron chi connectivity index (χ0n) is 13.8. The Morgan fingerprint density at radius 3 is 1.52 bits per heavy atom. The minimum absolute atomic E-state index is 0.165. The highest BCUT2D eigenvalue weighted by atomic mass is 32.2. The lowest BCUT2D eigenvalue weighted by molar-refractivity contribution is 1.08. The van der Waals surface area contributed by atoms with E-state index in [2.05, 4.69) is 36.4 Å². The van der Waals surface area contributed by atoms with Gasteiger partial charge in [-0.25, -0.2) is 0 Å². The van der Waals surface area contributed by atoms with E-state index in [9.17, 15) is 0 Å². The first kappa shape index (κ1) is 19.8. The Hall–Kier alpha value is -1.57. The van der Waals surface area contributed by atoms with Crippen LogP contribution in [0.4, 0.5) is 0 Å². The third-order valence-corrected chi connectivity index (χ3v) is 6.10. The van der Waals surface area contributed by atoms with Gasteiger partial charge in [0.15, 0.2) is 10.3 Å². The fourth-order valence-electron chi connectivity index (χ4n) is 2.28. The highest BCUT2D eigenvalue weighted by Crippen LogP contribution is 2.33. The molecule has 0 saturated carbocycles. The monoisotopic (exact) mass is 390 g/mol. The van der Waals surface area contributed by atoms with Crippen LogP contribution in [-0.2, 0) is 12.8 Å². The lowest BCUT2D eigenvalue weighted by Crippen LogP contribution is -2.06. The van der Waals surface area contributed by atoms with E-state index < -0.39 is 0 Å². The smallest absolute Gasteiger partial charge is 0.151 e. The molecule has 0 fully saturated rings. The van der Waals surface area contributed by atoms with E-state index in [1.54, 1.807) is 11.8 Å². The van der Waals surface area contributed by atoms with Crippen LogP contribution in [-0.4, -0.2) is 21.8 Å². The van der Waals surface area contributed by atoms with Crippen LogP contribution in [0.5, 0.6) is 0 Å². The van der Waals surface area contributed by atoms with Crippen molar-refractivity contribution in [1.82, 2.24) is 0 Å². The van der Waals surface area contributed by atoms with Gasteiger partial charge in [-0.1, -0.05) is 71.7 Å². The SMILES string of the molecule is N=C(N)SCCc1ccccc1Sc1ccccc1CCSC(=N)N. The largest absolute Gasteiger partial charge is 0.379 e. The van der Waals surface area contributed by atoms with E-state index in [4.69, 9.17) is 22.3 Å². The normalized spacial score (nSPS) is 10.6. The molecule has 0 atom stereocenters. The summed E-state index contributed by atoms with van der Waals surface area (Å²) in [4.78, 5) is 2.47. The molecule has 0 aliphatic heterocycles. The molecule has 6 N–H and O–H groups in total. The molecular formula is C18H22N4S3. The van der Waals surface area contributed by atoms with Gasteiger partial charge < -0.3 is 11.5 Å². The molecule has 2 rings (SSSR count). The van der Waals surface area contributed by atoms with Gasteiger partial charge in [-0.2, -0.15) is 0 Å². The Balaban J connectivity index is 2.09. The highest BCUT2D eigenvalue weighted by Gasteiger charge is 2.08. The minimum atomic E-state index is 0.165. The van der Waals surface area contributed by atoms with E-state index >= 15 is 0 Å². The number of rotatable bonds is 8. The fraction of sp³-hybridized carbons (Fsp3) is 0.222. The second kappa shape index (κ2) is 10.4. The zero-order valence-corrected chi connectivity index (χ0v) is 16.3. The van der Waals surface area contributed by atoms with E-state index in [1.165, 1.54) is 44.4 Å². The van der Waals surface area contributed by atoms with Gasteiger partial charge in [0.2, 0.25) is 0 Å². The topological polar surface area (TPSA) is 99.7 Å². The van der Waals surface area contributed by atoms with Crippen LogP contribution in [0.1, 0.15) is 11.1 Å². The summed E-state index contributed by atoms with van der Waals surface area (Å²) in [5.74, 6) is 1.62. The minimum Gasteiger partial charge on any atom is -0.379 e. The summed E-state index contributed by atoms with van der Waals surface area (Å²) in [6.07, 6.45) is 1.77. The lowest BCUT2D eigenvalue weighted by atomic mass is 10.2. The van der Waals surface area contributed by atoms with Crippen LogP contribution in [0.2, 0.25) is 0 Å². The van der Waals surface area contributed by atoms with Crippen molar-refractivity contribution in [2.45, 2.75) is 22.6 Å². The predicted molar refractivity (Wildman–Crippen MR) is 113 cm³/mol. The lowest BCUT2D eigenvalue weighted by Gasteiger charge is -2.12. The number of nitrogens with one attached hydrogen (secondary N) is 2. The first-order chi connectivity index (χ1) is 12.1. The van der Waals surface area contributed by atoms with E-state index in [0.717, 1.165) is 24.3 Å². The number of thioether (sulfide) groups is 2. The van der Waals surface area contributed by atoms with E-state index in [1.807, 2.05) is 12.1 Å². The van der Waals surface area contributed by atoms with Crippen molar-refractivity contribution >= 4 is 45.6 Å². The van der Waals surface area contributed by atoms with Crippen molar-refractivity contribution in [2.75, 3.05) is 11.5 Å². The van der Waals surface area contributed by atoms with Crippen molar-refractivity contribution in [3.05, 3.63) is 59.7 Å². The number of amidine groups is 2. The van der Waals surface area contributed by atoms with Crippen molar-refractivity contribution in [2.24, 2.45) is 11.5 Å². The second-order valence-corrected chi connectivity index (χ2v) is 8.60. The molecule has 0 aliphatic rings. The molecule has 0 unspecified atom stereocenters. The summed E-state index contributed by atoms with van der Waals surface area (Å²) < 4.78 is 0. The molecule has 25 heavy (non-hydrogen) atoms. The number of nitrogens with two attached hydrogens (primary N) is 2. The molecule has 0 aromatic heterocycles. The Kier molecular flexibility index (Phi) is 8.24. The second-order valence-electron chi connectivity index (χ2n) is 5.24. The van der Waals surface area contributed by atoms with Crippen LogP contribution in [0.25, 0.3) is 0 Å². The molecule has 0 amide bonds. The average Bonchev–Trinajstić information content (AvgIpc) is 2.57. The van der Waals surface area contributed by atoms with Crippen molar-refractivity contribution < 1.29 is 0 Å². The molecule has 2 aromatic carbocycles. The molecule has 0 saturated heterocycles. The van der Waals surface area contributed by atoms with Gasteiger partial charge in [0, 0.05) is 21.3 Å². The summed E-state index contributed by atoms with van der Waals surface area (Å²) in [5, 5.41) is 15.0. The van der Waals surface area contributed by atoms with Crippen LogP contribution < -0.4 is 11.5 Å². The molecule has 0 spiro atoms. The molecule has 7 heteroatoms. The Morgan fingerprint density at radius 2 is 1.12 bits per heavy atom. The van der Waals surface area contributed by atoms with Gasteiger partial charge in [0.25, 0.3) is 0 Å². The Labute approximate surface area is 161 Å². The number of aryl methyl sites for hydroxylation is 2. The average molecular weight is 391 g/mol. The third-order valence-electron chi connectivity index (χ3n) is 3.42. The van der Waals surface area contributed by atoms with Gasteiger partial charge >= 0.3 is 0 Å². The van der Waals surface area contributed by atoms with Crippen LogP contribution in [0, 0.1) is 10.8 Å². The highest BCUT2D eigenvalue weighted by molar-refractivity contribution is 8.13. The van der Waals surface area contributed by atoms with E-state index in [-0.39, 0.29) is 10.3 Å². The molecule has 4 nitrogen and oxygen atoms in total. The van der Waals surface area contributed by atoms with Crippen LogP contribution in [0.3, 0.4) is 0 Å². The van der Waals surface area contributed by atoms with Gasteiger partial charge in [-0.3, -0.25) is 10.8 Å². The summed E-state index contributed by atoms with van der Waals surface area (Å²) in [5.41, 5.74) is 13.4. The molecule has 0 aliphatic carbocycles. The standard InChI is InChI=1S/C18H22N4S3/c19-17(20)23-11-9-13-5-1-3-7-15(13)25-16-8-4-2-6-14(16)10-12-24-18(21)22/h1-8H,9-12H2,(H3,19,20)(H3,21,22). The Morgan fingerprint density at radius 1 is 0.720 bits per heavy atom. The molecule has 132 valence electrons. The van der Waals surface area contributed by atoms with Crippen molar-refractivity contribution in [1.29, 1.82) is 10.8 Å². The van der Waals surface area contributed by atoms with Gasteiger partial charge in [-0.15, -0.1) is 0 Å². The maximum Gasteiger partial charge on any atom is 0.151 e. The Bertz CT molecular complexity index is 672. The first-order valence-corrected chi connectivity index (χ1v) is 10.6. The van der Waals surface area contributed by atoms with Crippen LogP contribution in [0.15, 0.2) is 58.3 Å². The summed E-state index contributed by atoms with van der Waals surface area (Å²) in [6.45, 7) is 0. The van der Waals surface area contributed by atoms with Gasteiger partial charge in [0.05, 0.1) is 0 Å². The zero-order chi connectivity index (χ0) is 18.1. The van der Waals surface area contributed by atoms with Crippen molar-refractivity contribution in [3.63, 3.8) is 0 Å². The molecule has 2 aromatic rings. The van der Waals surface area contributed by atoms with E-state index in [0.29, 0.717) is 0 Å². The molecular weight excluding hydrogens is 368 g/mol. The third kappa shape index (κ3) is 7.05. The van der Waals surface area contributed by atoms with Gasteiger partial charge in [0.1, 0.15) is 0 Å². The maximum atomic E-state index is 7.33. The number of benzene rings is 2. The first-order valence-electron chi connectivity index (χ1n) is 7.83. The fourth-order valence-corrected chi connectivity index (χ4v) is 4.50. The molecule has 0 radical (unpaired) electrons. The number of hydrogen-bond donors (Lipinski definition) is 4. The number of hydrogen-bond acceptors (Lipinski definition) is 5.